The summed E-state index contributed by atoms with van der Waals surface area (Å²) in [5.41, 5.74) is 1.26. The van der Waals surface area contributed by atoms with Crippen LogP contribution in [-0.4, -0.2) is 38.7 Å². The Kier molecular flexibility index (Phi) is 5.73. The highest BCUT2D eigenvalue weighted by molar-refractivity contribution is 5.96. The van der Waals surface area contributed by atoms with Gasteiger partial charge in [-0.25, -0.2) is 4.79 Å². The summed E-state index contributed by atoms with van der Waals surface area (Å²) in [4.78, 5) is 25.5. The van der Waals surface area contributed by atoms with Crippen LogP contribution in [0.4, 0.5) is 5.69 Å². The number of nitrogens with zero attached hydrogens (tertiary/aromatic N) is 1. The zero-order valence-electron chi connectivity index (χ0n) is 14.6. The highest BCUT2D eigenvalue weighted by atomic mass is 16.6. The molecule has 0 bridgehead atoms. The summed E-state index contributed by atoms with van der Waals surface area (Å²) in [7, 11) is 1.60. The molecule has 1 aliphatic rings. The third-order valence-electron chi connectivity index (χ3n) is 4.13. The van der Waals surface area contributed by atoms with Crippen LogP contribution in [0.5, 0.6) is 11.5 Å². The van der Waals surface area contributed by atoms with Crippen molar-refractivity contribution in [3.05, 3.63) is 54.1 Å². The first-order valence-corrected chi connectivity index (χ1v) is 8.52. The molecule has 26 heavy (non-hydrogen) atoms. The summed E-state index contributed by atoms with van der Waals surface area (Å²) >= 11 is 0. The maximum atomic E-state index is 12.1. The second-order valence-corrected chi connectivity index (χ2v) is 5.86. The minimum Gasteiger partial charge on any atom is -0.497 e. The summed E-state index contributed by atoms with van der Waals surface area (Å²) in [5, 5.41) is 0. The SMILES string of the molecule is COc1ccc(OCCOC(=O)c2ccc(N3CCCC3=O)cc2)cc1. The van der Waals surface area contributed by atoms with Crippen molar-refractivity contribution in [2.45, 2.75) is 12.8 Å². The van der Waals surface area contributed by atoms with Gasteiger partial charge in [0.1, 0.15) is 24.7 Å². The predicted molar refractivity (Wildman–Crippen MR) is 96.8 cm³/mol. The van der Waals surface area contributed by atoms with Crippen LogP contribution in [0.15, 0.2) is 48.5 Å². The van der Waals surface area contributed by atoms with Crippen molar-refractivity contribution < 1.29 is 23.8 Å². The molecule has 1 heterocycles. The summed E-state index contributed by atoms with van der Waals surface area (Å²) in [6.07, 6.45) is 1.45. The Morgan fingerprint density at radius 3 is 2.31 bits per heavy atom. The molecule has 0 aromatic heterocycles. The Morgan fingerprint density at radius 2 is 1.69 bits per heavy atom. The van der Waals surface area contributed by atoms with E-state index in [9.17, 15) is 9.59 Å². The average Bonchev–Trinajstić information content (AvgIpc) is 3.11. The van der Waals surface area contributed by atoms with Crippen LogP contribution >= 0.6 is 0 Å². The molecule has 2 aromatic rings. The first-order valence-electron chi connectivity index (χ1n) is 8.52. The monoisotopic (exact) mass is 355 g/mol. The summed E-state index contributed by atoms with van der Waals surface area (Å²) in [6, 6.07) is 14.1. The third kappa shape index (κ3) is 4.33. The van der Waals surface area contributed by atoms with E-state index in [0.29, 0.717) is 17.7 Å². The molecule has 0 saturated carbocycles. The van der Waals surface area contributed by atoms with E-state index >= 15 is 0 Å². The lowest BCUT2D eigenvalue weighted by molar-refractivity contribution is -0.117. The number of benzene rings is 2. The molecule has 1 saturated heterocycles. The van der Waals surface area contributed by atoms with E-state index in [1.54, 1.807) is 60.5 Å². The highest BCUT2D eigenvalue weighted by Gasteiger charge is 2.21. The number of carbonyl (C=O) groups is 2. The minimum absolute atomic E-state index is 0.121. The van der Waals surface area contributed by atoms with Crippen LogP contribution in [0.25, 0.3) is 0 Å². The van der Waals surface area contributed by atoms with Gasteiger partial charge in [0.2, 0.25) is 5.91 Å². The van der Waals surface area contributed by atoms with Gasteiger partial charge in [0.15, 0.2) is 0 Å². The van der Waals surface area contributed by atoms with E-state index in [0.717, 1.165) is 24.4 Å². The Bertz CT molecular complexity index is 755. The van der Waals surface area contributed by atoms with Crippen molar-refractivity contribution in [3.63, 3.8) is 0 Å². The molecule has 1 fully saturated rings. The number of hydrogen-bond donors (Lipinski definition) is 0. The van der Waals surface area contributed by atoms with Crippen molar-refractivity contribution in [3.8, 4) is 11.5 Å². The second kappa shape index (κ2) is 8.38. The lowest BCUT2D eigenvalue weighted by Crippen LogP contribution is -2.23. The van der Waals surface area contributed by atoms with Crippen LogP contribution in [0.1, 0.15) is 23.2 Å². The van der Waals surface area contributed by atoms with Gasteiger partial charge in [-0.1, -0.05) is 0 Å². The molecule has 1 aliphatic heterocycles. The van der Waals surface area contributed by atoms with Gasteiger partial charge in [0.25, 0.3) is 0 Å². The first kappa shape index (κ1) is 17.8. The molecular formula is C20H21NO5. The van der Waals surface area contributed by atoms with Gasteiger partial charge in [0.05, 0.1) is 12.7 Å². The molecule has 0 N–H and O–H groups in total. The number of ether oxygens (including phenoxy) is 3. The van der Waals surface area contributed by atoms with Crippen molar-refractivity contribution in [1.82, 2.24) is 0 Å². The zero-order chi connectivity index (χ0) is 18.4. The van der Waals surface area contributed by atoms with Crippen molar-refractivity contribution >= 4 is 17.6 Å². The second-order valence-electron chi connectivity index (χ2n) is 5.86. The van der Waals surface area contributed by atoms with E-state index in [1.807, 2.05) is 0 Å². The molecule has 1 amide bonds. The van der Waals surface area contributed by atoms with Gasteiger partial charge in [0, 0.05) is 18.7 Å². The number of esters is 1. The number of methoxy groups -OCH3 is 1. The van der Waals surface area contributed by atoms with E-state index in [1.165, 1.54) is 0 Å². The van der Waals surface area contributed by atoms with Crippen molar-refractivity contribution in [2.24, 2.45) is 0 Å². The van der Waals surface area contributed by atoms with E-state index in [4.69, 9.17) is 14.2 Å². The zero-order valence-corrected chi connectivity index (χ0v) is 14.6. The van der Waals surface area contributed by atoms with Gasteiger partial charge in [-0.05, 0) is 55.0 Å². The Morgan fingerprint density at radius 1 is 1.00 bits per heavy atom. The maximum Gasteiger partial charge on any atom is 0.338 e. The number of rotatable bonds is 7. The number of anilines is 1. The molecule has 6 nitrogen and oxygen atoms in total. The third-order valence-corrected chi connectivity index (χ3v) is 4.13. The van der Waals surface area contributed by atoms with E-state index in [-0.39, 0.29) is 19.1 Å². The van der Waals surface area contributed by atoms with Gasteiger partial charge in [-0.3, -0.25) is 4.79 Å². The van der Waals surface area contributed by atoms with E-state index < -0.39 is 5.97 Å². The number of amides is 1. The molecule has 2 aromatic carbocycles. The summed E-state index contributed by atoms with van der Waals surface area (Å²) in [5.74, 6) is 1.14. The van der Waals surface area contributed by atoms with Gasteiger partial charge in [-0.15, -0.1) is 0 Å². The predicted octanol–water partition coefficient (Wildman–Crippen LogP) is 3.06. The molecular weight excluding hydrogens is 334 g/mol. The first-order chi connectivity index (χ1) is 12.7. The normalized spacial score (nSPS) is 13.6. The minimum atomic E-state index is -0.414. The smallest absolute Gasteiger partial charge is 0.338 e. The van der Waals surface area contributed by atoms with Crippen LogP contribution in [0.3, 0.4) is 0 Å². The van der Waals surface area contributed by atoms with Gasteiger partial charge >= 0.3 is 5.97 Å². The Hall–Kier alpha value is -3.02. The number of hydrogen-bond acceptors (Lipinski definition) is 5. The molecule has 0 unspecified atom stereocenters. The largest absolute Gasteiger partial charge is 0.497 e. The average molecular weight is 355 g/mol. The van der Waals surface area contributed by atoms with Gasteiger partial charge < -0.3 is 19.1 Å². The fourth-order valence-corrected chi connectivity index (χ4v) is 2.75. The number of carbonyl (C=O) groups excluding carboxylic acids is 2. The fraction of sp³-hybridized carbons (Fsp3) is 0.300. The molecule has 136 valence electrons. The maximum absolute atomic E-state index is 12.1. The molecule has 0 radical (unpaired) electrons. The topological polar surface area (TPSA) is 65.1 Å². The fourth-order valence-electron chi connectivity index (χ4n) is 2.75. The van der Waals surface area contributed by atoms with Crippen molar-refractivity contribution in [2.75, 3.05) is 31.8 Å². The quantitative estimate of drug-likeness (QED) is 0.564. The van der Waals surface area contributed by atoms with Crippen molar-refractivity contribution in [1.29, 1.82) is 0 Å². The van der Waals surface area contributed by atoms with Crippen LogP contribution in [0.2, 0.25) is 0 Å². The molecule has 0 spiro atoms. The lowest BCUT2D eigenvalue weighted by Gasteiger charge is -2.15. The highest BCUT2D eigenvalue weighted by Crippen LogP contribution is 2.22. The standard InChI is InChI=1S/C20H21NO5/c1-24-17-8-10-18(11-9-17)25-13-14-26-20(23)15-4-6-16(7-5-15)21-12-2-3-19(21)22/h4-11H,2-3,12-14H2,1H3. The lowest BCUT2D eigenvalue weighted by atomic mass is 10.2. The van der Waals surface area contributed by atoms with Crippen LogP contribution in [-0.2, 0) is 9.53 Å². The van der Waals surface area contributed by atoms with Crippen LogP contribution in [0, 0.1) is 0 Å². The molecule has 0 atom stereocenters. The Balaban J connectivity index is 1.45. The summed E-state index contributed by atoms with van der Waals surface area (Å²) in [6.45, 7) is 1.14. The molecule has 3 rings (SSSR count). The van der Waals surface area contributed by atoms with Crippen LogP contribution < -0.4 is 14.4 Å². The molecule has 0 aliphatic carbocycles. The summed E-state index contributed by atoms with van der Waals surface area (Å²) < 4.78 is 15.8. The molecule has 6 heteroatoms. The Labute approximate surface area is 152 Å². The van der Waals surface area contributed by atoms with E-state index in [2.05, 4.69) is 0 Å². The van der Waals surface area contributed by atoms with Gasteiger partial charge in [-0.2, -0.15) is 0 Å².